The highest BCUT2D eigenvalue weighted by Gasteiger charge is 2.31. The molecule has 5 aromatic rings. The maximum absolute atomic E-state index is 14.0. The van der Waals surface area contributed by atoms with Crippen LogP contribution in [0.25, 0.3) is 11.1 Å². The molecule has 5 rings (SSSR count). The van der Waals surface area contributed by atoms with Crippen LogP contribution in [-0.2, 0) is 11.0 Å². The second-order valence-electron chi connectivity index (χ2n) is 8.72. The molecule has 1 heterocycles. The molecule has 0 aliphatic carbocycles. The van der Waals surface area contributed by atoms with Crippen molar-refractivity contribution in [1.82, 2.24) is 25.9 Å². The van der Waals surface area contributed by atoms with Crippen molar-refractivity contribution in [2.24, 2.45) is 0 Å². The number of ether oxygens (including phenoxy) is 1. The molecule has 0 saturated heterocycles. The summed E-state index contributed by atoms with van der Waals surface area (Å²) in [4.78, 5) is 0. The lowest BCUT2D eigenvalue weighted by molar-refractivity contribution is 0.373. The molecule has 39 heavy (non-hydrogen) atoms. The van der Waals surface area contributed by atoms with E-state index in [0.29, 0.717) is 23.7 Å². The molecule has 1 aromatic heterocycles. The SMILES string of the molecule is COc1cc(-c2ccccc2)ccc1C[C@H](NCP(=O)(Oc1ccccc1)Oc1ccccc1)c1nnn[nH]1. The Labute approximate surface area is 226 Å². The number of benzene rings is 4. The molecule has 0 aliphatic heterocycles. The maximum atomic E-state index is 14.0. The van der Waals surface area contributed by atoms with Crippen molar-refractivity contribution in [2.45, 2.75) is 12.5 Å². The average molecular weight is 542 g/mol. The minimum atomic E-state index is -3.72. The van der Waals surface area contributed by atoms with Crippen LogP contribution < -0.4 is 19.1 Å². The number of nitrogens with one attached hydrogen (secondary N) is 2. The first-order valence-corrected chi connectivity index (χ1v) is 14.1. The highest BCUT2D eigenvalue weighted by molar-refractivity contribution is 7.54. The second-order valence-corrected chi connectivity index (χ2v) is 10.6. The van der Waals surface area contributed by atoms with Gasteiger partial charge < -0.3 is 13.8 Å². The summed E-state index contributed by atoms with van der Waals surface area (Å²) in [6, 6.07) is 33.6. The minimum absolute atomic E-state index is 0.105. The monoisotopic (exact) mass is 541 g/mol. The fourth-order valence-corrected chi connectivity index (χ4v) is 5.61. The van der Waals surface area contributed by atoms with Gasteiger partial charge in [-0.2, -0.15) is 0 Å². The largest absolute Gasteiger partial charge is 0.496 e. The van der Waals surface area contributed by atoms with Gasteiger partial charge in [-0.3, -0.25) is 5.32 Å². The third-order valence-electron chi connectivity index (χ3n) is 6.02. The van der Waals surface area contributed by atoms with E-state index in [0.717, 1.165) is 22.4 Å². The van der Waals surface area contributed by atoms with E-state index in [2.05, 4.69) is 38.1 Å². The Hall–Kier alpha value is -4.46. The molecule has 198 valence electrons. The summed E-state index contributed by atoms with van der Waals surface area (Å²) in [7, 11) is -2.07. The molecule has 0 unspecified atom stereocenters. The van der Waals surface area contributed by atoms with Gasteiger partial charge >= 0.3 is 7.60 Å². The summed E-state index contributed by atoms with van der Waals surface area (Å²) in [6.07, 6.45) is 0.346. The first-order chi connectivity index (χ1) is 19.1. The zero-order valence-corrected chi connectivity index (χ0v) is 22.2. The molecule has 9 nitrogen and oxygen atoms in total. The Kier molecular flexibility index (Phi) is 8.31. The van der Waals surface area contributed by atoms with Gasteiger partial charge in [-0.1, -0.05) is 78.9 Å². The van der Waals surface area contributed by atoms with Crippen LogP contribution in [0.1, 0.15) is 17.4 Å². The Morgan fingerprint density at radius 1 is 0.821 bits per heavy atom. The summed E-state index contributed by atoms with van der Waals surface area (Å²) in [5.41, 5.74) is 3.06. The summed E-state index contributed by atoms with van der Waals surface area (Å²) in [5.74, 6) is 2.08. The molecule has 4 aromatic carbocycles. The highest BCUT2D eigenvalue weighted by atomic mass is 31.2. The van der Waals surface area contributed by atoms with Crippen LogP contribution in [0.3, 0.4) is 0 Å². The summed E-state index contributed by atoms with van der Waals surface area (Å²) >= 11 is 0. The fourth-order valence-electron chi connectivity index (χ4n) is 4.11. The van der Waals surface area contributed by atoms with E-state index in [1.54, 1.807) is 31.4 Å². The van der Waals surface area contributed by atoms with Crippen LogP contribution in [0.15, 0.2) is 109 Å². The van der Waals surface area contributed by atoms with Gasteiger partial charge in [0.1, 0.15) is 23.5 Å². The van der Waals surface area contributed by atoms with Crippen LogP contribution >= 0.6 is 7.60 Å². The predicted octanol–water partition coefficient (Wildman–Crippen LogP) is 6.06. The molecule has 0 aliphatic rings. The van der Waals surface area contributed by atoms with Gasteiger partial charge in [0.25, 0.3) is 0 Å². The quantitative estimate of drug-likeness (QED) is 0.184. The number of rotatable bonds is 12. The van der Waals surface area contributed by atoms with Gasteiger partial charge in [-0.25, -0.2) is 9.66 Å². The van der Waals surface area contributed by atoms with Gasteiger partial charge in [-0.05, 0) is 63.9 Å². The van der Waals surface area contributed by atoms with Gasteiger partial charge in [0, 0.05) is 0 Å². The van der Waals surface area contributed by atoms with E-state index in [4.69, 9.17) is 13.8 Å². The van der Waals surface area contributed by atoms with Crippen molar-refractivity contribution in [1.29, 1.82) is 0 Å². The standard InChI is InChI=1S/C29H28N5O4P/c1-36-28-20-23(22-11-5-2-6-12-22)17-18-24(28)19-27(29-31-33-34-32-29)30-21-39(35,37-25-13-7-3-8-14-25)38-26-15-9-4-10-16-26/h2-18,20,27,30H,19,21H2,1H3,(H,31,32,33,34)/t27-/m0/s1. The van der Waals surface area contributed by atoms with Gasteiger partial charge in [0.15, 0.2) is 5.82 Å². The number of aromatic nitrogens is 4. The van der Waals surface area contributed by atoms with E-state index in [9.17, 15) is 4.57 Å². The molecule has 0 spiro atoms. The van der Waals surface area contributed by atoms with Crippen LogP contribution in [0.4, 0.5) is 0 Å². The van der Waals surface area contributed by atoms with Crippen molar-refractivity contribution in [2.75, 3.05) is 13.4 Å². The molecule has 1 atom stereocenters. The molecule has 10 heteroatoms. The van der Waals surface area contributed by atoms with E-state index in [1.165, 1.54) is 0 Å². The lowest BCUT2D eigenvalue weighted by atomic mass is 9.99. The van der Waals surface area contributed by atoms with Crippen molar-refractivity contribution >= 4 is 7.60 Å². The third kappa shape index (κ3) is 6.90. The van der Waals surface area contributed by atoms with E-state index >= 15 is 0 Å². The highest BCUT2D eigenvalue weighted by Crippen LogP contribution is 2.48. The third-order valence-corrected chi connectivity index (χ3v) is 7.56. The maximum Gasteiger partial charge on any atom is 0.444 e. The zero-order valence-electron chi connectivity index (χ0n) is 21.3. The number of hydrogen-bond donors (Lipinski definition) is 2. The summed E-state index contributed by atoms with van der Waals surface area (Å²) in [5, 5.41) is 17.7. The lowest BCUT2D eigenvalue weighted by Crippen LogP contribution is -2.28. The van der Waals surface area contributed by atoms with Gasteiger partial charge in [0.2, 0.25) is 0 Å². The number of tetrazole rings is 1. The predicted molar refractivity (Wildman–Crippen MR) is 149 cm³/mol. The van der Waals surface area contributed by atoms with E-state index in [-0.39, 0.29) is 6.29 Å². The first-order valence-electron chi connectivity index (χ1n) is 12.4. The molecule has 0 fully saturated rings. The first kappa shape index (κ1) is 26.2. The van der Waals surface area contributed by atoms with Crippen molar-refractivity contribution in [3.63, 3.8) is 0 Å². The number of nitrogens with zero attached hydrogens (tertiary/aromatic N) is 3. The smallest absolute Gasteiger partial charge is 0.444 e. The Morgan fingerprint density at radius 2 is 1.44 bits per heavy atom. The molecule has 0 bridgehead atoms. The number of H-pyrrole nitrogens is 1. The van der Waals surface area contributed by atoms with Crippen LogP contribution in [-0.4, -0.2) is 34.0 Å². The molecule has 0 saturated carbocycles. The van der Waals surface area contributed by atoms with Crippen LogP contribution in [0.5, 0.6) is 17.2 Å². The molecule has 0 radical (unpaired) electrons. The van der Waals surface area contributed by atoms with Gasteiger partial charge in [0.05, 0.1) is 13.2 Å². The molecular weight excluding hydrogens is 513 g/mol. The van der Waals surface area contributed by atoms with Crippen molar-refractivity contribution < 1.29 is 18.3 Å². The van der Waals surface area contributed by atoms with Crippen molar-refractivity contribution in [3.05, 3.63) is 121 Å². The number of para-hydroxylation sites is 2. The normalized spacial score (nSPS) is 12.0. The van der Waals surface area contributed by atoms with Crippen LogP contribution in [0.2, 0.25) is 0 Å². The summed E-state index contributed by atoms with van der Waals surface area (Å²) < 4.78 is 31.6. The zero-order chi connectivity index (χ0) is 26.9. The Morgan fingerprint density at radius 3 is 2.00 bits per heavy atom. The average Bonchev–Trinajstić information content (AvgIpc) is 3.52. The van der Waals surface area contributed by atoms with E-state index < -0.39 is 13.6 Å². The van der Waals surface area contributed by atoms with Crippen LogP contribution in [0, 0.1) is 0 Å². The van der Waals surface area contributed by atoms with Crippen molar-refractivity contribution in [3.8, 4) is 28.4 Å². The number of aromatic amines is 1. The Balaban J connectivity index is 1.39. The summed E-state index contributed by atoms with van der Waals surface area (Å²) in [6.45, 7) is 0. The molecular formula is C29H28N5O4P. The van der Waals surface area contributed by atoms with E-state index in [1.807, 2.05) is 72.8 Å². The second kappa shape index (κ2) is 12.4. The lowest BCUT2D eigenvalue weighted by Gasteiger charge is -2.23. The number of methoxy groups -OCH3 is 1. The molecule has 2 N–H and O–H groups in total. The topological polar surface area (TPSA) is 111 Å². The number of hydrogen-bond acceptors (Lipinski definition) is 8. The fraction of sp³-hybridized carbons (Fsp3) is 0.138. The molecule has 0 amide bonds. The Bertz CT molecular complexity index is 1460. The minimum Gasteiger partial charge on any atom is -0.496 e. The van der Waals surface area contributed by atoms with Gasteiger partial charge in [-0.15, -0.1) is 5.10 Å².